The number of hydrogen-bond donors (Lipinski definition) is 5. The van der Waals surface area contributed by atoms with Crippen molar-refractivity contribution >= 4 is 35.4 Å². The molecule has 1 aliphatic rings. The molecule has 47 heavy (non-hydrogen) atoms. The molecule has 1 fully saturated rings. The molecule has 0 saturated carbocycles. The number of aryl methyl sites for hydroxylation is 1. The molecule has 17 nitrogen and oxygen atoms in total. The van der Waals surface area contributed by atoms with E-state index in [1.165, 1.54) is 13.1 Å². The number of nitrogens with two attached hydrogens (primary N) is 2. The maximum absolute atomic E-state index is 12.2. The number of aromatic nitrogens is 2. The lowest BCUT2D eigenvalue weighted by Gasteiger charge is -2.19. The molecule has 0 spiro atoms. The summed E-state index contributed by atoms with van der Waals surface area (Å²) in [5, 5.41) is 14.2. The Morgan fingerprint density at radius 1 is 0.894 bits per heavy atom. The molecule has 23 heteroatoms. The van der Waals surface area contributed by atoms with Gasteiger partial charge < -0.3 is 35.9 Å². The molecule has 0 bridgehead atoms. The van der Waals surface area contributed by atoms with Gasteiger partial charge in [-0.05, 0) is 6.92 Å². The van der Waals surface area contributed by atoms with Crippen LogP contribution in [0.15, 0.2) is 15.8 Å². The summed E-state index contributed by atoms with van der Waals surface area (Å²) in [6.07, 6.45) is -12.0. The summed E-state index contributed by atoms with van der Waals surface area (Å²) in [5.74, 6) is -7.46. The third kappa shape index (κ3) is 16.5. The highest BCUT2D eigenvalue weighted by molar-refractivity contribution is 5.84. The third-order valence-corrected chi connectivity index (χ3v) is 5.48. The summed E-state index contributed by atoms with van der Waals surface area (Å²) in [4.78, 5) is 90.5. The Hall–Kier alpha value is -4.64. The summed E-state index contributed by atoms with van der Waals surface area (Å²) < 4.78 is 81.0. The SMILES string of the molecule is Cc1cn([C@H]2C[C@H](OC(=O)CCC(=O)CN)[C@@H](COC(=O)CCC(=O)CN)O2)c(=O)[nH]c1=O.O=C(O)C(F)(F)F.O=C(O)C(F)(F)F. The molecule has 0 aromatic carbocycles. The molecule has 7 N–H and O–H groups in total. The lowest BCUT2D eigenvalue weighted by Crippen LogP contribution is -2.33. The van der Waals surface area contributed by atoms with Crippen molar-refractivity contribution in [1.29, 1.82) is 0 Å². The maximum atomic E-state index is 12.2. The van der Waals surface area contributed by atoms with E-state index in [1.54, 1.807) is 0 Å². The second-order valence-corrected chi connectivity index (χ2v) is 9.15. The standard InChI is InChI=1S/C20H28N4O9.2C2HF3O2/c1-11-9-24(20(30)23-19(11)29)16-6-14(33-18(28)5-3-13(26)8-22)15(32-16)10-31-17(27)4-2-12(25)7-21;2*3-2(4,5)1(6)7/h9,14-16H,2-8,10,21-22H2,1H3,(H,23,29,30);2*(H,6,7)/t14-,15+,16+;;/m0../s1. The number of alkyl halides is 6. The van der Waals surface area contributed by atoms with E-state index in [4.69, 9.17) is 45.5 Å². The number of rotatable bonds is 12. The van der Waals surface area contributed by atoms with Crippen LogP contribution in [0.3, 0.4) is 0 Å². The Morgan fingerprint density at radius 2 is 1.34 bits per heavy atom. The van der Waals surface area contributed by atoms with Crippen molar-refractivity contribution in [2.75, 3.05) is 19.7 Å². The largest absolute Gasteiger partial charge is 0.490 e. The molecular formula is C24H30F6N4O13. The van der Waals surface area contributed by atoms with Gasteiger partial charge in [0.2, 0.25) is 0 Å². The lowest BCUT2D eigenvalue weighted by molar-refractivity contribution is -0.193. The van der Waals surface area contributed by atoms with E-state index in [2.05, 4.69) is 4.98 Å². The normalized spacial score (nSPS) is 17.3. The third-order valence-electron chi connectivity index (χ3n) is 5.48. The van der Waals surface area contributed by atoms with Crippen molar-refractivity contribution in [3.63, 3.8) is 0 Å². The average molecular weight is 697 g/mol. The number of carbonyl (C=O) groups is 6. The zero-order valence-corrected chi connectivity index (χ0v) is 24.2. The molecule has 2 heterocycles. The second-order valence-electron chi connectivity index (χ2n) is 9.15. The van der Waals surface area contributed by atoms with Crippen LogP contribution in [-0.2, 0) is 43.0 Å². The van der Waals surface area contributed by atoms with Crippen LogP contribution in [0.1, 0.15) is 43.9 Å². The molecule has 266 valence electrons. The summed E-state index contributed by atoms with van der Waals surface area (Å²) in [6.45, 7) is 0.834. The maximum Gasteiger partial charge on any atom is 0.490 e. The highest BCUT2D eigenvalue weighted by Gasteiger charge is 2.41. The van der Waals surface area contributed by atoms with Crippen LogP contribution in [0.2, 0.25) is 0 Å². The van der Waals surface area contributed by atoms with Gasteiger partial charge in [-0.25, -0.2) is 14.4 Å². The molecule has 0 amide bonds. The van der Waals surface area contributed by atoms with Gasteiger partial charge in [-0.15, -0.1) is 0 Å². The van der Waals surface area contributed by atoms with Gasteiger partial charge in [-0.3, -0.25) is 33.5 Å². The molecular weight excluding hydrogens is 666 g/mol. The molecule has 3 atom stereocenters. The summed E-state index contributed by atoms with van der Waals surface area (Å²) in [6, 6.07) is 0. The molecule has 0 aliphatic carbocycles. The van der Waals surface area contributed by atoms with Gasteiger partial charge in [0, 0.05) is 31.0 Å². The van der Waals surface area contributed by atoms with Crippen LogP contribution in [0, 0.1) is 6.92 Å². The Balaban J connectivity index is 0.00000126. The number of nitrogens with one attached hydrogen (secondary N) is 1. The zero-order valence-electron chi connectivity index (χ0n) is 24.2. The number of esters is 2. The Kier molecular flexibility index (Phi) is 17.2. The monoisotopic (exact) mass is 696 g/mol. The van der Waals surface area contributed by atoms with Crippen LogP contribution >= 0.6 is 0 Å². The fraction of sp³-hybridized carbons (Fsp3) is 0.583. The van der Waals surface area contributed by atoms with Gasteiger partial charge in [0.1, 0.15) is 36.6 Å². The van der Waals surface area contributed by atoms with Crippen LogP contribution < -0.4 is 22.7 Å². The number of Topliss-reactive ketones (excluding diaryl/α,β-unsaturated/α-hetero) is 2. The molecule has 1 saturated heterocycles. The minimum Gasteiger partial charge on any atom is -0.475 e. The molecule has 1 aliphatic heterocycles. The number of hydrogen-bond acceptors (Lipinski definition) is 13. The number of carboxylic acids is 2. The van der Waals surface area contributed by atoms with E-state index in [0.29, 0.717) is 0 Å². The molecule has 0 radical (unpaired) electrons. The van der Waals surface area contributed by atoms with E-state index in [9.17, 15) is 55.1 Å². The summed E-state index contributed by atoms with van der Waals surface area (Å²) in [5.41, 5.74) is 9.44. The van der Waals surface area contributed by atoms with Crippen molar-refractivity contribution in [3.05, 3.63) is 32.6 Å². The van der Waals surface area contributed by atoms with Crippen molar-refractivity contribution in [1.82, 2.24) is 9.55 Å². The average Bonchev–Trinajstić information content (AvgIpc) is 3.36. The van der Waals surface area contributed by atoms with Crippen LogP contribution in [0.4, 0.5) is 26.3 Å². The first-order valence-electron chi connectivity index (χ1n) is 12.9. The van der Waals surface area contributed by atoms with Crippen molar-refractivity contribution < 1.29 is 79.5 Å². The highest BCUT2D eigenvalue weighted by Crippen LogP contribution is 2.30. The van der Waals surface area contributed by atoms with E-state index in [0.717, 1.165) is 4.57 Å². The first-order chi connectivity index (χ1) is 21.5. The van der Waals surface area contributed by atoms with Gasteiger partial charge in [0.15, 0.2) is 0 Å². The van der Waals surface area contributed by atoms with Crippen molar-refractivity contribution in [3.8, 4) is 0 Å². The number of nitrogens with zero attached hydrogens (tertiary/aromatic N) is 1. The second kappa shape index (κ2) is 19.1. The van der Waals surface area contributed by atoms with Crippen LogP contribution in [0.25, 0.3) is 0 Å². The van der Waals surface area contributed by atoms with Gasteiger partial charge in [-0.2, -0.15) is 26.3 Å². The van der Waals surface area contributed by atoms with E-state index in [1.807, 2.05) is 0 Å². The molecule has 1 aromatic heterocycles. The fourth-order valence-electron chi connectivity index (χ4n) is 3.11. The van der Waals surface area contributed by atoms with Gasteiger partial charge in [0.25, 0.3) is 5.56 Å². The zero-order chi connectivity index (χ0) is 36.7. The first kappa shape index (κ1) is 42.4. The van der Waals surface area contributed by atoms with Gasteiger partial charge >= 0.3 is 41.9 Å². The van der Waals surface area contributed by atoms with E-state index < -0.39 is 65.9 Å². The number of ether oxygens (including phenoxy) is 3. The minimum absolute atomic E-state index is 0.0375. The topological polar surface area (TPSA) is 277 Å². The smallest absolute Gasteiger partial charge is 0.475 e. The van der Waals surface area contributed by atoms with E-state index in [-0.39, 0.29) is 68.9 Å². The minimum atomic E-state index is -5.08. The first-order valence-corrected chi connectivity index (χ1v) is 12.9. The lowest BCUT2D eigenvalue weighted by atomic mass is 10.1. The predicted molar refractivity (Wildman–Crippen MR) is 139 cm³/mol. The summed E-state index contributed by atoms with van der Waals surface area (Å²) >= 11 is 0. The number of aromatic amines is 1. The van der Waals surface area contributed by atoms with E-state index >= 15 is 0 Å². The van der Waals surface area contributed by atoms with Gasteiger partial charge in [-0.1, -0.05) is 0 Å². The van der Waals surface area contributed by atoms with Gasteiger partial charge in [0.05, 0.1) is 25.9 Å². The number of halogens is 6. The number of carboxylic acid groups (broad SMARTS) is 2. The highest BCUT2D eigenvalue weighted by atomic mass is 19.4. The van der Waals surface area contributed by atoms with Crippen molar-refractivity contribution in [2.45, 2.75) is 69.8 Å². The number of carbonyl (C=O) groups excluding carboxylic acids is 4. The Labute approximate surface area is 258 Å². The van der Waals surface area contributed by atoms with Crippen molar-refractivity contribution in [2.24, 2.45) is 11.5 Å². The number of aliphatic carboxylic acids is 2. The Bertz CT molecular complexity index is 1370. The van der Waals surface area contributed by atoms with Crippen LogP contribution in [0.5, 0.6) is 0 Å². The summed E-state index contributed by atoms with van der Waals surface area (Å²) in [7, 11) is 0. The Morgan fingerprint density at radius 3 is 1.77 bits per heavy atom. The molecule has 2 rings (SSSR count). The van der Waals surface area contributed by atoms with Crippen LogP contribution in [-0.4, -0.2) is 99.5 Å². The fourth-order valence-corrected chi connectivity index (χ4v) is 3.11. The molecule has 1 aromatic rings. The number of H-pyrrole nitrogens is 1. The predicted octanol–water partition coefficient (Wildman–Crippen LogP) is -0.530. The molecule has 0 unspecified atom stereocenters. The number of ketones is 2. The quantitative estimate of drug-likeness (QED) is 0.136.